The largest absolute Gasteiger partial charge is 0.447 e. The fourth-order valence-corrected chi connectivity index (χ4v) is 3.97. The van der Waals surface area contributed by atoms with Crippen LogP contribution in [0.25, 0.3) is 0 Å². The Bertz CT molecular complexity index is 774. The molecule has 1 aliphatic heterocycles. The number of carbonyl (C=O) groups excluding carboxylic acids is 3. The van der Waals surface area contributed by atoms with E-state index >= 15 is 0 Å². The Hall–Kier alpha value is -2.07. The first-order valence-corrected chi connectivity index (χ1v) is 11.0. The van der Waals surface area contributed by atoms with E-state index in [4.69, 9.17) is 4.74 Å². The van der Waals surface area contributed by atoms with Crippen molar-refractivity contribution in [3.8, 4) is 0 Å². The fourth-order valence-electron chi connectivity index (χ4n) is 3.32. The van der Waals surface area contributed by atoms with Crippen LogP contribution in [0, 0.1) is 5.92 Å². The number of amides is 2. The molecule has 0 saturated carbocycles. The molecule has 0 bridgehead atoms. The summed E-state index contributed by atoms with van der Waals surface area (Å²) in [6, 6.07) is 5.46. The van der Waals surface area contributed by atoms with E-state index in [0.29, 0.717) is 0 Å². The Morgan fingerprint density at radius 1 is 1.26 bits per heavy atom. The number of imide groups is 1. The zero-order chi connectivity index (χ0) is 23.2. The van der Waals surface area contributed by atoms with Crippen LogP contribution < -0.4 is 5.32 Å². The van der Waals surface area contributed by atoms with E-state index in [1.165, 1.54) is 6.92 Å². The van der Waals surface area contributed by atoms with Gasteiger partial charge in [0.2, 0.25) is 5.91 Å². The minimum atomic E-state index is -4.72. The van der Waals surface area contributed by atoms with Gasteiger partial charge in [0.05, 0.1) is 12.5 Å². The molecule has 0 unspecified atom stereocenters. The maximum Gasteiger partial charge on any atom is 0.416 e. The molecule has 1 aliphatic rings. The number of ether oxygens (including phenoxy) is 1. The van der Waals surface area contributed by atoms with Gasteiger partial charge in [0.25, 0.3) is 0 Å². The molecule has 1 saturated heterocycles. The number of alkyl halides is 3. The van der Waals surface area contributed by atoms with Crippen molar-refractivity contribution < 1.29 is 32.3 Å². The first-order chi connectivity index (χ1) is 14.5. The van der Waals surface area contributed by atoms with Crippen LogP contribution in [0.2, 0.25) is 0 Å². The third kappa shape index (κ3) is 7.53. The van der Waals surface area contributed by atoms with Crippen LogP contribution in [0.1, 0.15) is 32.8 Å². The van der Waals surface area contributed by atoms with Crippen LogP contribution in [0.5, 0.6) is 0 Å². The summed E-state index contributed by atoms with van der Waals surface area (Å²) in [4.78, 5) is 36.8. The monoisotopic (exact) mass is 460 g/mol. The van der Waals surface area contributed by atoms with Crippen LogP contribution in [0.3, 0.4) is 0 Å². The number of nitrogens with zero attached hydrogens (tertiary/aromatic N) is 1. The van der Waals surface area contributed by atoms with E-state index in [1.807, 2.05) is 0 Å². The van der Waals surface area contributed by atoms with E-state index in [0.717, 1.165) is 22.2 Å². The molecule has 6 nitrogen and oxygen atoms in total. The molecule has 10 heteroatoms. The third-order valence-corrected chi connectivity index (χ3v) is 5.94. The van der Waals surface area contributed by atoms with E-state index in [-0.39, 0.29) is 29.8 Å². The number of thioether (sulfide) groups is 1. The second kappa shape index (κ2) is 11.0. The quantitative estimate of drug-likeness (QED) is 0.604. The van der Waals surface area contributed by atoms with Crippen molar-refractivity contribution in [3.63, 3.8) is 0 Å². The summed E-state index contributed by atoms with van der Waals surface area (Å²) < 4.78 is 46.3. The topological polar surface area (TPSA) is 75.7 Å². The van der Waals surface area contributed by atoms with Gasteiger partial charge in [-0.05, 0) is 17.9 Å². The van der Waals surface area contributed by atoms with E-state index in [1.54, 1.807) is 44.2 Å². The third-order valence-electron chi connectivity index (χ3n) is 4.97. The van der Waals surface area contributed by atoms with Crippen LogP contribution in [0.4, 0.5) is 18.0 Å². The average molecular weight is 461 g/mol. The standard InChI is InChI=1S/C21H27F3N2O4S/c1-13(2)17-11-30-20(29)26(17)19(28)10-18(21(22,23)24)25-16(12-31-14(3)27)9-15-7-5-4-6-8-15/h4-8,13,16-18,25H,9-12H2,1-3H3/t16-,17+,18+/m0/s1. The van der Waals surface area contributed by atoms with Crippen molar-refractivity contribution in [2.45, 2.75) is 57.9 Å². The summed E-state index contributed by atoms with van der Waals surface area (Å²) in [5.74, 6) is -0.968. The minimum absolute atomic E-state index is 0.0295. The average Bonchev–Trinajstić information content (AvgIpc) is 3.07. The Balaban J connectivity index is 2.17. The molecule has 1 heterocycles. The van der Waals surface area contributed by atoms with E-state index in [2.05, 4.69) is 5.32 Å². The lowest BCUT2D eigenvalue weighted by Crippen LogP contribution is -2.53. The van der Waals surface area contributed by atoms with Crippen molar-refractivity contribution in [2.75, 3.05) is 12.4 Å². The summed E-state index contributed by atoms with van der Waals surface area (Å²) in [7, 11) is 0. The van der Waals surface area contributed by atoms with Crippen molar-refractivity contribution in [1.29, 1.82) is 0 Å². The van der Waals surface area contributed by atoms with E-state index < -0.39 is 42.7 Å². The summed E-state index contributed by atoms with van der Waals surface area (Å²) in [6.45, 7) is 4.85. The first-order valence-electron chi connectivity index (χ1n) is 9.98. The highest BCUT2D eigenvalue weighted by Gasteiger charge is 2.46. The van der Waals surface area contributed by atoms with Gasteiger partial charge < -0.3 is 10.1 Å². The second-order valence-corrected chi connectivity index (χ2v) is 9.00. The van der Waals surface area contributed by atoms with Crippen LogP contribution >= 0.6 is 11.8 Å². The van der Waals surface area contributed by atoms with Crippen LogP contribution in [-0.4, -0.2) is 58.7 Å². The predicted octanol–water partition coefficient (Wildman–Crippen LogP) is 3.79. The first kappa shape index (κ1) is 25.2. The van der Waals surface area contributed by atoms with Gasteiger partial charge >= 0.3 is 12.3 Å². The molecule has 0 radical (unpaired) electrons. The van der Waals surface area contributed by atoms with Gasteiger partial charge in [-0.2, -0.15) is 13.2 Å². The molecule has 3 atom stereocenters. The van der Waals surface area contributed by atoms with Crippen molar-refractivity contribution >= 4 is 28.9 Å². The van der Waals surface area contributed by atoms with Gasteiger partial charge in [-0.3, -0.25) is 9.59 Å². The summed E-state index contributed by atoms with van der Waals surface area (Å²) in [5.41, 5.74) is 0.805. The molecule has 1 aromatic rings. The molecular formula is C21H27F3N2O4S. The van der Waals surface area contributed by atoms with Gasteiger partial charge in [0.15, 0.2) is 5.12 Å². The molecule has 1 fully saturated rings. The molecule has 172 valence electrons. The lowest BCUT2D eigenvalue weighted by atomic mass is 10.0. The predicted molar refractivity (Wildman–Crippen MR) is 111 cm³/mol. The number of benzene rings is 1. The lowest BCUT2D eigenvalue weighted by Gasteiger charge is -2.29. The molecule has 1 N–H and O–H groups in total. The van der Waals surface area contributed by atoms with E-state index in [9.17, 15) is 27.6 Å². The number of hydrogen-bond acceptors (Lipinski definition) is 6. The number of nitrogens with one attached hydrogen (secondary N) is 1. The smallest absolute Gasteiger partial charge is 0.416 e. The van der Waals surface area contributed by atoms with Gasteiger partial charge in [0, 0.05) is 18.7 Å². The lowest BCUT2D eigenvalue weighted by molar-refractivity contribution is -0.165. The molecule has 2 rings (SSSR count). The van der Waals surface area contributed by atoms with Crippen molar-refractivity contribution in [2.24, 2.45) is 5.92 Å². The number of rotatable bonds is 9. The van der Waals surface area contributed by atoms with Gasteiger partial charge in [-0.15, -0.1) is 0 Å². The summed E-state index contributed by atoms with van der Waals surface area (Å²) in [5, 5.41) is 2.30. The molecule has 2 amide bonds. The molecule has 0 aromatic heterocycles. The fraction of sp³-hybridized carbons (Fsp3) is 0.571. The maximum atomic E-state index is 13.8. The number of hydrogen-bond donors (Lipinski definition) is 1. The zero-order valence-corrected chi connectivity index (χ0v) is 18.5. The Morgan fingerprint density at radius 2 is 1.90 bits per heavy atom. The second-order valence-electron chi connectivity index (χ2n) is 7.81. The highest BCUT2D eigenvalue weighted by Crippen LogP contribution is 2.27. The van der Waals surface area contributed by atoms with Gasteiger partial charge in [-0.1, -0.05) is 55.9 Å². The van der Waals surface area contributed by atoms with Crippen molar-refractivity contribution in [1.82, 2.24) is 10.2 Å². The molecule has 0 spiro atoms. The maximum absolute atomic E-state index is 13.8. The van der Waals surface area contributed by atoms with Crippen LogP contribution in [0.15, 0.2) is 30.3 Å². The molecule has 31 heavy (non-hydrogen) atoms. The SMILES string of the molecule is CC(=O)SC[C@H](Cc1ccccc1)N[C@H](CC(=O)N1C(=O)OC[C@@H]1C(C)C)C(F)(F)F. The molecule has 0 aliphatic carbocycles. The van der Waals surface area contributed by atoms with Crippen LogP contribution in [-0.2, 0) is 20.7 Å². The Labute approximate surface area is 183 Å². The van der Waals surface area contributed by atoms with Gasteiger partial charge in [-0.25, -0.2) is 9.69 Å². The Morgan fingerprint density at radius 3 is 2.45 bits per heavy atom. The zero-order valence-electron chi connectivity index (χ0n) is 17.6. The highest BCUT2D eigenvalue weighted by molar-refractivity contribution is 8.13. The number of carbonyl (C=O) groups is 3. The normalized spacial score (nSPS) is 18.7. The van der Waals surface area contributed by atoms with Crippen molar-refractivity contribution in [3.05, 3.63) is 35.9 Å². The minimum Gasteiger partial charge on any atom is -0.447 e. The number of halogens is 3. The highest BCUT2D eigenvalue weighted by atomic mass is 32.2. The number of cyclic esters (lactones) is 1. The summed E-state index contributed by atoms with van der Waals surface area (Å²) in [6.07, 6.45) is -6.32. The Kier molecular flexibility index (Phi) is 8.93. The summed E-state index contributed by atoms with van der Waals surface area (Å²) >= 11 is 0.922. The molecule has 1 aromatic carbocycles. The molecular weight excluding hydrogens is 433 g/mol. The van der Waals surface area contributed by atoms with Gasteiger partial charge in [0.1, 0.15) is 12.6 Å².